The van der Waals surface area contributed by atoms with Crippen LogP contribution >= 0.6 is 0 Å². The van der Waals surface area contributed by atoms with Crippen LogP contribution in [0.25, 0.3) is 11.1 Å². The predicted octanol–water partition coefficient (Wildman–Crippen LogP) is 6.04. The molecule has 4 rings (SSSR count). The second kappa shape index (κ2) is 15.7. The van der Waals surface area contributed by atoms with E-state index in [0.29, 0.717) is 19.6 Å². The van der Waals surface area contributed by atoms with Crippen molar-refractivity contribution in [1.82, 2.24) is 10.6 Å². The zero-order valence-corrected chi connectivity index (χ0v) is 24.1. The summed E-state index contributed by atoms with van der Waals surface area (Å²) in [5, 5.41) is 14.4. The monoisotopic (exact) mass is 572 g/mol. The van der Waals surface area contributed by atoms with Gasteiger partial charge in [0.25, 0.3) is 0 Å². The van der Waals surface area contributed by atoms with Gasteiger partial charge in [0.1, 0.15) is 12.6 Å². The molecule has 2 atom stereocenters. The van der Waals surface area contributed by atoms with Crippen LogP contribution in [0.5, 0.6) is 0 Å². The zero-order valence-electron chi connectivity index (χ0n) is 24.1. The van der Waals surface area contributed by atoms with Crippen LogP contribution in [0, 0.1) is 0 Å². The Balaban J connectivity index is 1.32. The Bertz CT molecular complexity index is 1280. The summed E-state index contributed by atoms with van der Waals surface area (Å²) in [5.74, 6) is -1.20. The Hall–Kier alpha value is -4.17. The number of hydrogen-bond donors (Lipinski definition) is 3. The Morgan fingerprint density at radius 1 is 0.810 bits per heavy atom. The van der Waals surface area contributed by atoms with Crippen LogP contribution < -0.4 is 10.6 Å². The number of rotatable bonds is 16. The maximum absolute atomic E-state index is 13.2. The number of alkyl carbamates (subject to hydrolysis) is 1. The van der Waals surface area contributed by atoms with Crippen molar-refractivity contribution in [2.45, 2.75) is 70.1 Å². The van der Waals surface area contributed by atoms with Gasteiger partial charge < -0.3 is 25.2 Å². The van der Waals surface area contributed by atoms with Crippen molar-refractivity contribution in [2.75, 3.05) is 13.2 Å². The van der Waals surface area contributed by atoms with Crippen molar-refractivity contribution in [3.63, 3.8) is 0 Å². The highest BCUT2D eigenvalue weighted by Crippen LogP contribution is 2.44. The molecule has 1 aliphatic carbocycles. The molecule has 0 heterocycles. The number of carboxylic acid groups (broad SMARTS) is 1. The normalized spacial score (nSPS) is 13.5. The lowest BCUT2D eigenvalue weighted by Crippen LogP contribution is -2.53. The predicted molar refractivity (Wildman–Crippen MR) is 161 cm³/mol. The van der Waals surface area contributed by atoms with Crippen LogP contribution in [-0.2, 0) is 25.7 Å². The lowest BCUT2D eigenvalue weighted by molar-refractivity contribution is -0.137. The maximum atomic E-state index is 13.2. The fraction of sp³-hybridized carbons (Fsp3) is 0.382. The van der Waals surface area contributed by atoms with E-state index in [1.165, 1.54) is 0 Å². The minimum Gasteiger partial charge on any atom is -0.481 e. The van der Waals surface area contributed by atoms with E-state index in [1.807, 2.05) is 54.6 Å². The van der Waals surface area contributed by atoms with Crippen LogP contribution in [0.4, 0.5) is 4.79 Å². The van der Waals surface area contributed by atoms with Gasteiger partial charge in [-0.3, -0.25) is 9.59 Å². The van der Waals surface area contributed by atoms with Crippen molar-refractivity contribution in [3.05, 3.63) is 95.6 Å². The number of ether oxygens (including phenoxy) is 2. The van der Waals surface area contributed by atoms with E-state index in [4.69, 9.17) is 14.6 Å². The van der Waals surface area contributed by atoms with E-state index < -0.39 is 24.2 Å². The minimum atomic E-state index is -0.945. The maximum Gasteiger partial charge on any atom is 0.407 e. The number of benzene rings is 3. The Kier molecular flexibility index (Phi) is 11.5. The third-order valence-corrected chi connectivity index (χ3v) is 7.59. The van der Waals surface area contributed by atoms with Crippen LogP contribution in [0.15, 0.2) is 78.9 Å². The van der Waals surface area contributed by atoms with Crippen molar-refractivity contribution in [2.24, 2.45) is 0 Å². The second-order valence-electron chi connectivity index (χ2n) is 10.7. The van der Waals surface area contributed by atoms with Crippen molar-refractivity contribution in [3.8, 4) is 11.1 Å². The minimum absolute atomic E-state index is 0.0855. The molecule has 3 aromatic rings. The molecule has 3 N–H and O–H groups in total. The smallest absolute Gasteiger partial charge is 0.407 e. The molecule has 2 unspecified atom stereocenters. The summed E-state index contributed by atoms with van der Waals surface area (Å²) in [7, 11) is 0. The zero-order chi connectivity index (χ0) is 29.7. The molecule has 3 aromatic carbocycles. The average molecular weight is 573 g/mol. The number of amides is 2. The van der Waals surface area contributed by atoms with Crippen molar-refractivity contribution >= 4 is 18.0 Å². The Morgan fingerprint density at radius 3 is 2.07 bits per heavy atom. The van der Waals surface area contributed by atoms with Crippen LogP contribution in [0.2, 0.25) is 0 Å². The number of carboxylic acids is 1. The van der Waals surface area contributed by atoms with Gasteiger partial charge in [-0.1, -0.05) is 98.1 Å². The summed E-state index contributed by atoms with van der Waals surface area (Å²) in [5.41, 5.74) is 5.48. The molecule has 42 heavy (non-hydrogen) atoms. The molecule has 0 spiro atoms. The lowest BCUT2D eigenvalue weighted by atomic mass is 9.98. The molecular formula is C34H40N2O6. The summed E-state index contributed by atoms with van der Waals surface area (Å²) in [6, 6.07) is 25.0. The van der Waals surface area contributed by atoms with Gasteiger partial charge in [-0.25, -0.2) is 4.79 Å². The van der Waals surface area contributed by atoms with Crippen LogP contribution in [0.1, 0.15) is 68.1 Å². The molecule has 0 radical (unpaired) electrons. The number of aliphatic carboxylic acids is 1. The average Bonchev–Trinajstić information content (AvgIpc) is 3.32. The standard InChI is InChI=1S/C34H40N2O6/c1-24(41-22-25-14-6-5-7-15-25)32(33(39)35-21-13-4-2-3-8-20-31(37)38)36-34(40)42-23-30-28-18-11-9-16-26(28)27-17-10-12-19-29(27)30/h5-7,9-12,14-19,24,30,32H,2-4,8,13,20-23H2,1H3,(H,35,39)(H,36,40)(H,37,38). The molecule has 0 saturated carbocycles. The highest BCUT2D eigenvalue weighted by molar-refractivity contribution is 5.86. The van der Waals surface area contributed by atoms with Crippen LogP contribution in [0.3, 0.4) is 0 Å². The van der Waals surface area contributed by atoms with Crippen LogP contribution in [-0.4, -0.2) is 48.4 Å². The summed E-state index contributed by atoms with van der Waals surface area (Å²) in [6.45, 7) is 2.66. The van der Waals surface area contributed by atoms with Gasteiger partial charge in [-0.2, -0.15) is 0 Å². The second-order valence-corrected chi connectivity index (χ2v) is 10.7. The first-order valence-electron chi connectivity index (χ1n) is 14.7. The van der Waals surface area contributed by atoms with Gasteiger partial charge in [0.05, 0.1) is 12.7 Å². The first-order chi connectivity index (χ1) is 20.4. The summed E-state index contributed by atoms with van der Waals surface area (Å²) >= 11 is 0. The molecule has 2 amide bonds. The van der Waals surface area contributed by atoms with Gasteiger partial charge in [-0.15, -0.1) is 0 Å². The largest absolute Gasteiger partial charge is 0.481 e. The molecule has 222 valence electrons. The fourth-order valence-corrected chi connectivity index (χ4v) is 5.31. The number of hydrogen-bond acceptors (Lipinski definition) is 5. The summed E-state index contributed by atoms with van der Waals surface area (Å²) < 4.78 is 11.7. The molecule has 0 bridgehead atoms. The summed E-state index contributed by atoms with van der Waals surface area (Å²) in [4.78, 5) is 36.9. The number of carbonyl (C=O) groups excluding carboxylic acids is 2. The number of unbranched alkanes of at least 4 members (excludes halogenated alkanes) is 4. The molecule has 0 saturated heterocycles. The van der Waals surface area contributed by atoms with E-state index in [9.17, 15) is 14.4 Å². The Labute approximate surface area is 247 Å². The van der Waals surface area contributed by atoms with E-state index >= 15 is 0 Å². The highest BCUT2D eigenvalue weighted by atomic mass is 16.5. The number of nitrogens with one attached hydrogen (secondary N) is 2. The van der Waals surface area contributed by atoms with Crippen molar-refractivity contribution in [1.29, 1.82) is 0 Å². The molecular weight excluding hydrogens is 532 g/mol. The molecule has 8 heteroatoms. The number of carbonyl (C=O) groups is 3. The van der Waals surface area contributed by atoms with E-state index in [0.717, 1.165) is 53.5 Å². The van der Waals surface area contributed by atoms with Gasteiger partial charge in [0.15, 0.2) is 0 Å². The molecule has 0 fully saturated rings. The summed E-state index contributed by atoms with van der Waals surface area (Å²) in [6.07, 6.45) is 2.94. The van der Waals surface area contributed by atoms with Gasteiger partial charge >= 0.3 is 12.1 Å². The van der Waals surface area contributed by atoms with Gasteiger partial charge in [-0.05, 0) is 47.6 Å². The quantitative estimate of drug-likeness (QED) is 0.180. The van der Waals surface area contributed by atoms with E-state index in [1.54, 1.807) is 6.92 Å². The highest BCUT2D eigenvalue weighted by Gasteiger charge is 2.31. The lowest BCUT2D eigenvalue weighted by Gasteiger charge is -2.25. The molecule has 1 aliphatic rings. The molecule has 0 aromatic heterocycles. The molecule has 0 aliphatic heterocycles. The van der Waals surface area contributed by atoms with E-state index in [2.05, 4.69) is 34.9 Å². The van der Waals surface area contributed by atoms with Crippen molar-refractivity contribution < 1.29 is 29.0 Å². The van der Waals surface area contributed by atoms with Gasteiger partial charge in [0.2, 0.25) is 5.91 Å². The number of fused-ring (bicyclic) bond motifs is 3. The topological polar surface area (TPSA) is 114 Å². The third kappa shape index (κ3) is 8.66. The fourth-order valence-electron chi connectivity index (χ4n) is 5.31. The Morgan fingerprint density at radius 2 is 1.40 bits per heavy atom. The third-order valence-electron chi connectivity index (χ3n) is 7.59. The molecule has 8 nitrogen and oxygen atoms in total. The van der Waals surface area contributed by atoms with Gasteiger partial charge in [0, 0.05) is 18.9 Å². The first-order valence-corrected chi connectivity index (χ1v) is 14.7. The van der Waals surface area contributed by atoms with E-state index in [-0.39, 0.29) is 24.9 Å². The first kappa shape index (κ1) is 30.8. The SMILES string of the molecule is CC(OCc1ccccc1)C(NC(=O)OCC1c2ccccc2-c2ccccc21)C(=O)NCCCCCCCC(=O)O.